The van der Waals surface area contributed by atoms with Gasteiger partial charge in [-0.05, 0) is 45.4 Å². The molecule has 2 rings (SSSR count). The van der Waals surface area contributed by atoms with Gasteiger partial charge >= 0.3 is 5.97 Å². The van der Waals surface area contributed by atoms with Crippen LogP contribution in [0.2, 0.25) is 0 Å². The number of nitrogens with zero attached hydrogens (tertiary/aromatic N) is 2. The lowest BCUT2D eigenvalue weighted by Gasteiger charge is -2.02. The average Bonchev–Trinajstić information content (AvgIpc) is 2.71. The number of carbonyl (C=O) groups excluding carboxylic acids is 2. The predicted octanol–water partition coefficient (Wildman–Crippen LogP) is 2.20. The number of pyridine rings is 1. The van der Waals surface area contributed by atoms with Crippen molar-refractivity contribution in [1.29, 1.82) is 0 Å². The third-order valence-electron chi connectivity index (χ3n) is 3.87. The minimum absolute atomic E-state index is 0.0666. The van der Waals surface area contributed by atoms with Gasteiger partial charge in [0.1, 0.15) is 12.6 Å². The summed E-state index contributed by atoms with van der Waals surface area (Å²) in [5.74, 6) is -0.542. The second kappa shape index (κ2) is 12.6. The molecule has 2 aromatic rings. The minimum atomic E-state index is -4.02. The molecule has 0 saturated carbocycles. The summed E-state index contributed by atoms with van der Waals surface area (Å²) < 4.78 is 36.2. The summed E-state index contributed by atoms with van der Waals surface area (Å²) in [4.78, 5) is 22.9. The van der Waals surface area contributed by atoms with E-state index in [0.717, 1.165) is 5.56 Å². The number of nitrogens with one attached hydrogen (secondary N) is 1. The standard InChI is InChI=1S/C14H19N3O3.C7H8O3S/c1-4-20-13(18)8-7-11(2)15-16-14(19)12-6-5-9-17(3)10-12;1-6-2-4-7(5-3-6)11(8,9)10/h5-6,9-10H,4,7-8H2,1-3H3;2-5H,1H3,(H,8,9,10)/p+1/b15-11+;. The van der Waals surface area contributed by atoms with Crippen LogP contribution in [0.5, 0.6) is 0 Å². The van der Waals surface area contributed by atoms with Crippen molar-refractivity contribution in [2.45, 2.75) is 38.5 Å². The second-order valence-electron chi connectivity index (χ2n) is 6.64. The van der Waals surface area contributed by atoms with E-state index in [2.05, 4.69) is 10.5 Å². The molecule has 0 aliphatic heterocycles. The van der Waals surface area contributed by atoms with E-state index in [0.29, 0.717) is 24.3 Å². The Morgan fingerprint density at radius 2 is 1.81 bits per heavy atom. The van der Waals surface area contributed by atoms with Crippen LogP contribution < -0.4 is 9.99 Å². The van der Waals surface area contributed by atoms with Crippen molar-refractivity contribution >= 4 is 27.7 Å². The molecule has 10 heteroatoms. The van der Waals surface area contributed by atoms with Crippen molar-refractivity contribution in [3.8, 4) is 0 Å². The molecule has 0 saturated heterocycles. The Kier molecular flexibility index (Phi) is 10.5. The molecule has 0 aliphatic carbocycles. The van der Waals surface area contributed by atoms with Gasteiger partial charge in [0.25, 0.3) is 16.0 Å². The first kappa shape index (κ1) is 25.9. The predicted molar refractivity (Wildman–Crippen MR) is 115 cm³/mol. The molecule has 0 radical (unpaired) electrons. The zero-order valence-electron chi connectivity index (χ0n) is 18.0. The topological polar surface area (TPSA) is 126 Å². The zero-order valence-corrected chi connectivity index (χ0v) is 18.8. The van der Waals surface area contributed by atoms with E-state index in [9.17, 15) is 18.0 Å². The highest BCUT2D eigenvalue weighted by Gasteiger charge is 2.09. The molecule has 1 amide bonds. The molecule has 0 atom stereocenters. The van der Waals surface area contributed by atoms with Gasteiger partial charge in [-0.3, -0.25) is 14.1 Å². The summed E-state index contributed by atoms with van der Waals surface area (Å²) in [6, 6.07) is 9.48. The van der Waals surface area contributed by atoms with Gasteiger partial charge in [0.2, 0.25) is 0 Å². The molecule has 1 aromatic carbocycles. The van der Waals surface area contributed by atoms with Crippen LogP contribution in [0.25, 0.3) is 0 Å². The second-order valence-corrected chi connectivity index (χ2v) is 8.06. The quantitative estimate of drug-likeness (QED) is 0.219. The van der Waals surface area contributed by atoms with Crippen molar-refractivity contribution < 1.29 is 31.9 Å². The fourth-order valence-corrected chi connectivity index (χ4v) is 2.70. The van der Waals surface area contributed by atoms with E-state index >= 15 is 0 Å². The van der Waals surface area contributed by atoms with Gasteiger partial charge in [-0.25, -0.2) is 9.99 Å². The zero-order chi connectivity index (χ0) is 23.4. The lowest BCUT2D eigenvalue weighted by Crippen LogP contribution is -2.30. The average molecular weight is 451 g/mol. The molecular weight excluding hydrogens is 422 g/mol. The molecule has 0 aliphatic rings. The summed E-state index contributed by atoms with van der Waals surface area (Å²) >= 11 is 0. The highest BCUT2D eigenvalue weighted by atomic mass is 32.2. The van der Waals surface area contributed by atoms with E-state index in [1.807, 2.05) is 20.2 Å². The van der Waals surface area contributed by atoms with Crippen LogP contribution in [0.1, 0.15) is 42.6 Å². The van der Waals surface area contributed by atoms with Gasteiger partial charge in [0.05, 0.1) is 17.9 Å². The maximum atomic E-state index is 11.8. The van der Waals surface area contributed by atoms with Crippen LogP contribution in [0.15, 0.2) is 58.8 Å². The van der Waals surface area contributed by atoms with Crippen LogP contribution in [0.4, 0.5) is 0 Å². The fraction of sp³-hybridized carbons (Fsp3) is 0.333. The molecule has 2 N–H and O–H groups in total. The molecule has 1 aromatic heterocycles. The number of esters is 1. The number of hydrogen-bond donors (Lipinski definition) is 2. The van der Waals surface area contributed by atoms with Gasteiger partial charge in [-0.15, -0.1) is 0 Å². The van der Waals surface area contributed by atoms with Gasteiger partial charge in [0.15, 0.2) is 12.4 Å². The highest BCUT2D eigenvalue weighted by molar-refractivity contribution is 7.85. The molecule has 0 fully saturated rings. The number of benzene rings is 1. The third-order valence-corrected chi connectivity index (χ3v) is 4.73. The molecule has 9 nitrogen and oxygen atoms in total. The van der Waals surface area contributed by atoms with E-state index in [1.54, 1.807) is 48.9 Å². The van der Waals surface area contributed by atoms with E-state index in [4.69, 9.17) is 9.29 Å². The fourth-order valence-electron chi connectivity index (χ4n) is 2.22. The van der Waals surface area contributed by atoms with Crippen molar-refractivity contribution in [3.63, 3.8) is 0 Å². The smallest absolute Gasteiger partial charge is 0.306 e. The Labute approximate surface area is 182 Å². The van der Waals surface area contributed by atoms with Crippen LogP contribution in [0, 0.1) is 6.92 Å². The SMILES string of the molecule is CCOC(=O)CC/C(C)=N/NC(=O)c1ccc[n+](C)c1.Cc1ccc(S(=O)(=O)O)cc1. The highest BCUT2D eigenvalue weighted by Crippen LogP contribution is 2.08. The third kappa shape index (κ3) is 10.5. The number of hydrazone groups is 1. The Morgan fingerprint density at radius 3 is 2.35 bits per heavy atom. The normalized spacial score (nSPS) is 11.2. The van der Waals surface area contributed by atoms with Crippen LogP contribution >= 0.6 is 0 Å². The number of aryl methyl sites for hydroxylation is 2. The van der Waals surface area contributed by atoms with Gasteiger partial charge in [-0.2, -0.15) is 13.5 Å². The number of carbonyl (C=O) groups is 2. The maximum Gasteiger partial charge on any atom is 0.306 e. The molecule has 168 valence electrons. The number of ether oxygens (including phenoxy) is 1. The Balaban J connectivity index is 0.000000367. The van der Waals surface area contributed by atoms with Crippen molar-refractivity contribution in [2.75, 3.05) is 6.61 Å². The number of aromatic nitrogens is 1. The summed E-state index contributed by atoms with van der Waals surface area (Å²) in [5.41, 5.74) is 4.62. The minimum Gasteiger partial charge on any atom is -0.466 e. The van der Waals surface area contributed by atoms with Crippen molar-refractivity contribution in [3.05, 3.63) is 59.9 Å². The lowest BCUT2D eigenvalue weighted by atomic mass is 10.2. The summed E-state index contributed by atoms with van der Waals surface area (Å²) in [7, 11) is -2.18. The van der Waals surface area contributed by atoms with Crippen LogP contribution in [0.3, 0.4) is 0 Å². The monoisotopic (exact) mass is 450 g/mol. The first-order valence-electron chi connectivity index (χ1n) is 9.51. The first-order valence-corrected chi connectivity index (χ1v) is 11.0. The summed E-state index contributed by atoms with van der Waals surface area (Å²) in [5, 5.41) is 3.96. The number of rotatable bonds is 7. The van der Waals surface area contributed by atoms with E-state index < -0.39 is 10.1 Å². The molecule has 0 unspecified atom stereocenters. The summed E-state index contributed by atoms with van der Waals surface area (Å²) in [6.45, 7) is 5.73. The molecule has 1 heterocycles. The first-order chi connectivity index (χ1) is 14.5. The molecule has 31 heavy (non-hydrogen) atoms. The molecule has 0 spiro atoms. The van der Waals surface area contributed by atoms with Crippen LogP contribution in [-0.4, -0.2) is 37.2 Å². The number of amides is 1. The summed E-state index contributed by atoms with van der Waals surface area (Å²) in [6.07, 6.45) is 4.27. The lowest BCUT2D eigenvalue weighted by molar-refractivity contribution is -0.671. The molecular formula is C21H28N3O6S+. The van der Waals surface area contributed by atoms with Gasteiger partial charge in [0, 0.05) is 11.8 Å². The van der Waals surface area contributed by atoms with Crippen molar-refractivity contribution in [2.24, 2.45) is 12.1 Å². The van der Waals surface area contributed by atoms with E-state index in [1.165, 1.54) is 12.1 Å². The Hall–Kier alpha value is -3.11. The van der Waals surface area contributed by atoms with Gasteiger partial charge in [-0.1, -0.05) is 17.7 Å². The van der Waals surface area contributed by atoms with Gasteiger partial charge < -0.3 is 4.74 Å². The van der Waals surface area contributed by atoms with E-state index in [-0.39, 0.29) is 23.2 Å². The largest absolute Gasteiger partial charge is 0.466 e. The maximum absolute atomic E-state index is 11.8. The molecule has 0 bridgehead atoms. The van der Waals surface area contributed by atoms with Crippen molar-refractivity contribution in [1.82, 2.24) is 5.43 Å². The Bertz CT molecular complexity index is 1020. The Morgan fingerprint density at radius 1 is 1.16 bits per heavy atom. The van der Waals surface area contributed by atoms with Crippen LogP contribution in [-0.2, 0) is 26.7 Å². The number of hydrogen-bond acceptors (Lipinski definition) is 6.